The third-order valence-corrected chi connectivity index (χ3v) is 4.66. The Balaban J connectivity index is 1.58. The van der Waals surface area contributed by atoms with Crippen molar-refractivity contribution in [2.45, 2.75) is 26.8 Å². The molecule has 3 heterocycles. The Morgan fingerprint density at radius 1 is 1.15 bits per heavy atom. The smallest absolute Gasteiger partial charge is 0.248 e. The van der Waals surface area contributed by atoms with E-state index in [4.69, 9.17) is 0 Å². The van der Waals surface area contributed by atoms with E-state index in [1.54, 1.807) is 10.9 Å². The highest BCUT2D eigenvalue weighted by Gasteiger charge is 2.17. The molecule has 0 aliphatic heterocycles. The summed E-state index contributed by atoms with van der Waals surface area (Å²) in [5, 5.41) is 7.19. The first-order valence-corrected chi connectivity index (χ1v) is 8.88. The van der Waals surface area contributed by atoms with E-state index >= 15 is 0 Å². The van der Waals surface area contributed by atoms with Gasteiger partial charge in [0.15, 0.2) is 0 Å². The molecule has 0 aliphatic carbocycles. The van der Waals surface area contributed by atoms with Gasteiger partial charge in [-0.2, -0.15) is 5.10 Å². The standard InChI is InChI=1S/C21H21N5O/c1-14-8-10-25-13-19(24-20(25)11-14)17-5-4-6-18(12-17)23-21(27)16(3)26-15(2)7-9-22-26/h4-13,16H,1-3H3,(H,23,27)/t16-/m0/s1. The summed E-state index contributed by atoms with van der Waals surface area (Å²) in [6.45, 7) is 5.82. The van der Waals surface area contributed by atoms with E-state index < -0.39 is 0 Å². The molecular weight excluding hydrogens is 338 g/mol. The van der Waals surface area contributed by atoms with Gasteiger partial charge >= 0.3 is 0 Å². The molecule has 4 aromatic rings. The predicted molar refractivity (Wildman–Crippen MR) is 106 cm³/mol. The van der Waals surface area contributed by atoms with Crippen LogP contribution in [0.2, 0.25) is 0 Å². The fourth-order valence-corrected chi connectivity index (χ4v) is 3.12. The van der Waals surface area contributed by atoms with Crippen molar-refractivity contribution in [2.75, 3.05) is 5.32 Å². The summed E-state index contributed by atoms with van der Waals surface area (Å²) in [4.78, 5) is 17.3. The number of aryl methyl sites for hydroxylation is 2. The van der Waals surface area contributed by atoms with Crippen LogP contribution in [-0.2, 0) is 4.79 Å². The van der Waals surface area contributed by atoms with Crippen LogP contribution in [0, 0.1) is 13.8 Å². The minimum Gasteiger partial charge on any atom is -0.324 e. The van der Waals surface area contributed by atoms with Crippen LogP contribution in [0.4, 0.5) is 5.69 Å². The molecule has 0 unspecified atom stereocenters. The van der Waals surface area contributed by atoms with E-state index in [2.05, 4.69) is 15.4 Å². The predicted octanol–water partition coefficient (Wildman–Crippen LogP) is 4.01. The molecule has 136 valence electrons. The zero-order chi connectivity index (χ0) is 19.0. The second kappa shape index (κ2) is 6.72. The summed E-state index contributed by atoms with van der Waals surface area (Å²) >= 11 is 0. The molecule has 0 aliphatic rings. The lowest BCUT2D eigenvalue weighted by atomic mass is 10.1. The Labute approximate surface area is 157 Å². The first-order chi connectivity index (χ1) is 13.0. The summed E-state index contributed by atoms with van der Waals surface area (Å²) in [6, 6.07) is 13.3. The van der Waals surface area contributed by atoms with Crippen LogP contribution in [0.25, 0.3) is 16.9 Å². The molecule has 1 atom stereocenters. The van der Waals surface area contributed by atoms with Crippen molar-refractivity contribution in [3.8, 4) is 11.3 Å². The number of imidazole rings is 1. The molecular formula is C21H21N5O. The number of fused-ring (bicyclic) bond motifs is 1. The number of nitrogens with one attached hydrogen (secondary N) is 1. The van der Waals surface area contributed by atoms with Gasteiger partial charge in [-0.25, -0.2) is 4.98 Å². The molecule has 6 heteroatoms. The first-order valence-electron chi connectivity index (χ1n) is 8.88. The van der Waals surface area contributed by atoms with Crippen molar-refractivity contribution in [3.05, 3.63) is 72.3 Å². The Morgan fingerprint density at radius 2 is 2.00 bits per heavy atom. The molecule has 1 aromatic carbocycles. The number of aromatic nitrogens is 4. The Hall–Kier alpha value is -3.41. The van der Waals surface area contributed by atoms with Gasteiger partial charge in [-0.3, -0.25) is 9.48 Å². The number of rotatable bonds is 4. The number of carbonyl (C=O) groups is 1. The summed E-state index contributed by atoms with van der Waals surface area (Å²) in [5.41, 5.74) is 5.59. The summed E-state index contributed by atoms with van der Waals surface area (Å²) < 4.78 is 3.71. The molecule has 0 saturated heterocycles. The van der Waals surface area contributed by atoms with Gasteiger partial charge in [0.25, 0.3) is 0 Å². The number of nitrogens with zero attached hydrogens (tertiary/aromatic N) is 4. The molecule has 4 rings (SSSR count). The number of benzene rings is 1. The SMILES string of the molecule is Cc1ccn2cc(-c3cccc(NC(=O)[C@H](C)n4nccc4C)c3)nc2c1. The molecule has 0 saturated carbocycles. The molecule has 0 fully saturated rings. The van der Waals surface area contributed by atoms with Gasteiger partial charge in [-0.15, -0.1) is 0 Å². The maximum Gasteiger partial charge on any atom is 0.248 e. The molecule has 3 aromatic heterocycles. The molecule has 1 N–H and O–H groups in total. The van der Waals surface area contributed by atoms with Gasteiger partial charge in [-0.05, 0) is 56.7 Å². The second-order valence-electron chi connectivity index (χ2n) is 6.76. The molecule has 0 radical (unpaired) electrons. The lowest BCUT2D eigenvalue weighted by molar-refractivity contribution is -0.119. The van der Waals surface area contributed by atoms with E-state index in [0.717, 1.165) is 28.3 Å². The maximum atomic E-state index is 12.6. The van der Waals surface area contributed by atoms with E-state index in [1.807, 2.05) is 80.0 Å². The van der Waals surface area contributed by atoms with Crippen molar-refractivity contribution in [1.29, 1.82) is 0 Å². The van der Waals surface area contributed by atoms with Crippen molar-refractivity contribution in [1.82, 2.24) is 19.2 Å². The van der Waals surface area contributed by atoms with Crippen LogP contribution >= 0.6 is 0 Å². The van der Waals surface area contributed by atoms with Gasteiger partial charge in [0, 0.05) is 35.5 Å². The quantitative estimate of drug-likeness (QED) is 0.599. The van der Waals surface area contributed by atoms with E-state index in [0.29, 0.717) is 0 Å². The molecule has 0 bridgehead atoms. The third-order valence-electron chi connectivity index (χ3n) is 4.66. The largest absolute Gasteiger partial charge is 0.324 e. The van der Waals surface area contributed by atoms with Crippen LogP contribution in [0.5, 0.6) is 0 Å². The molecule has 1 amide bonds. The second-order valence-corrected chi connectivity index (χ2v) is 6.76. The average molecular weight is 359 g/mol. The van der Waals surface area contributed by atoms with Gasteiger partial charge in [0.1, 0.15) is 11.7 Å². The van der Waals surface area contributed by atoms with Gasteiger partial charge in [0.05, 0.1) is 5.69 Å². The highest BCUT2D eigenvalue weighted by molar-refractivity contribution is 5.94. The van der Waals surface area contributed by atoms with Crippen molar-refractivity contribution < 1.29 is 4.79 Å². The summed E-state index contributed by atoms with van der Waals surface area (Å²) in [5.74, 6) is -0.107. The van der Waals surface area contributed by atoms with Gasteiger partial charge in [0.2, 0.25) is 5.91 Å². The zero-order valence-corrected chi connectivity index (χ0v) is 15.5. The van der Waals surface area contributed by atoms with Crippen LogP contribution in [0.3, 0.4) is 0 Å². The Kier molecular flexibility index (Phi) is 4.24. The monoisotopic (exact) mass is 359 g/mol. The lowest BCUT2D eigenvalue weighted by Crippen LogP contribution is -2.25. The number of amides is 1. The molecule has 6 nitrogen and oxygen atoms in total. The van der Waals surface area contributed by atoms with Crippen molar-refractivity contribution in [3.63, 3.8) is 0 Å². The lowest BCUT2D eigenvalue weighted by Gasteiger charge is -2.14. The zero-order valence-electron chi connectivity index (χ0n) is 15.5. The van der Waals surface area contributed by atoms with Gasteiger partial charge < -0.3 is 9.72 Å². The molecule has 0 spiro atoms. The first kappa shape index (κ1) is 17.0. The third kappa shape index (κ3) is 3.33. The fourth-order valence-electron chi connectivity index (χ4n) is 3.12. The summed E-state index contributed by atoms with van der Waals surface area (Å²) in [6.07, 6.45) is 5.69. The topological polar surface area (TPSA) is 64.2 Å². The maximum absolute atomic E-state index is 12.6. The van der Waals surface area contributed by atoms with Crippen LogP contribution in [0.1, 0.15) is 24.2 Å². The van der Waals surface area contributed by atoms with Crippen molar-refractivity contribution in [2.24, 2.45) is 0 Å². The number of pyridine rings is 1. The molecule has 27 heavy (non-hydrogen) atoms. The minimum atomic E-state index is -0.387. The number of anilines is 1. The van der Waals surface area contributed by atoms with E-state index in [1.165, 1.54) is 5.56 Å². The van der Waals surface area contributed by atoms with Crippen LogP contribution < -0.4 is 5.32 Å². The van der Waals surface area contributed by atoms with Crippen LogP contribution in [-0.4, -0.2) is 25.1 Å². The van der Waals surface area contributed by atoms with Crippen molar-refractivity contribution >= 4 is 17.2 Å². The van der Waals surface area contributed by atoms with E-state index in [-0.39, 0.29) is 11.9 Å². The number of hydrogen-bond acceptors (Lipinski definition) is 3. The Bertz CT molecular complexity index is 1120. The minimum absolute atomic E-state index is 0.107. The normalized spacial score (nSPS) is 12.3. The highest BCUT2D eigenvalue weighted by Crippen LogP contribution is 2.23. The summed E-state index contributed by atoms with van der Waals surface area (Å²) in [7, 11) is 0. The van der Waals surface area contributed by atoms with Crippen LogP contribution in [0.15, 0.2) is 61.1 Å². The van der Waals surface area contributed by atoms with E-state index in [9.17, 15) is 4.79 Å². The highest BCUT2D eigenvalue weighted by atomic mass is 16.2. The fraction of sp³-hybridized carbons (Fsp3) is 0.190. The number of carbonyl (C=O) groups excluding carboxylic acids is 1. The average Bonchev–Trinajstić information content (AvgIpc) is 3.27. The van der Waals surface area contributed by atoms with Gasteiger partial charge in [-0.1, -0.05) is 12.1 Å². The Morgan fingerprint density at radius 3 is 2.78 bits per heavy atom. The number of hydrogen-bond donors (Lipinski definition) is 1.